The molecule has 1 saturated heterocycles. The zero-order valence-electron chi connectivity index (χ0n) is 16.9. The lowest BCUT2D eigenvalue weighted by Crippen LogP contribution is -2.51. The van der Waals surface area contributed by atoms with Gasteiger partial charge in [-0.05, 0) is 42.5 Å². The van der Waals surface area contributed by atoms with Gasteiger partial charge in [0.2, 0.25) is 0 Å². The number of amides is 1. The average molecular weight is 486 g/mol. The molecule has 1 amide bonds. The van der Waals surface area contributed by atoms with Gasteiger partial charge >= 0.3 is 6.18 Å². The zero-order chi connectivity index (χ0) is 23.2. The van der Waals surface area contributed by atoms with E-state index in [2.05, 4.69) is 0 Å². The van der Waals surface area contributed by atoms with Crippen LogP contribution >= 0.6 is 23.4 Å². The summed E-state index contributed by atoms with van der Waals surface area (Å²) in [5, 5.41) is 12.2. The van der Waals surface area contributed by atoms with Crippen molar-refractivity contribution in [2.75, 3.05) is 20.1 Å². The summed E-state index contributed by atoms with van der Waals surface area (Å²) in [4.78, 5) is 27.0. The van der Waals surface area contributed by atoms with E-state index in [1.807, 2.05) is 29.2 Å². The number of thioether (sulfide) groups is 1. The molecule has 2 aliphatic rings. The Bertz CT molecular complexity index is 1060. The normalized spacial score (nSPS) is 20.3. The molecule has 0 bridgehead atoms. The predicted molar refractivity (Wildman–Crippen MR) is 115 cm³/mol. The first-order valence-electron chi connectivity index (χ1n) is 9.89. The largest absolute Gasteiger partial charge is 0.416 e. The van der Waals surface area contributed by atoms with E-state index in [4.69, 9.17) is 11.6 Å². The molecule has 1 fully saturated rings. The van der Waals surface area contributed by atoms with Gasteiger partial charge in [0, 0.05) is 31.2 Å². The van der Waals surface area contributed by atoms with E-state index >= 15 is 0 Å². The van der Waals surface area contributed by atoms with Crippen LogP contribution in [-0.2, 0) is 6.18 Å². The molecule has 2 aliphatic heterocycles. The number of nitro groups is 1. The van der Waals surface area contributed by atoms with Crippen LogP contribution in [0.25, 0.3) is 0 Å². The summed E-state index contributed by atoms with van der Waals surface area (Å²) in [6, 6.07) is 8.89. The van der Waals surface area contributed by atoms with E-state index in [1.165, 1.54) is 17.5 Å². The maximum Gasteiger partial charge on any atom is 0.416 e. The summed E-state index contributed by atoms with van der Waals surface area (Å²) in [7, 11) is 1.51. The maximum atomic E-state index is 13.2. The van der Waals surface area contributed by atoms with Crippen LogP contribution < -0.4 is 0 Å². The van der Waals surface area contributed by atoms with Crippen molar-refractivity contribution in [1.29, 1.82) is 0 Å². The summed E-state index contributed by atoms with van der Waals surface area (Å²) in [5.74, 6) is -0.327. The molecule has 2 heterocycles. The maximum absolute atomic E-state index is 13.2. The van der Waals surface area contributed by atoms with Crippen molar-refractivity contribution < 1.29 is 22.9 Å². The Morgan fingerprint density at radius 3 is 2.34 bits per heavy atom. The SMILES string of the molecule is CN1C(=O)c2cc(C(F)(F)F)cc([N+](=O)[O-])c2SC1N1CCC(c2ccc(Cl)cc2)CC1. The van der Waals surface area contributed by atoms with Gasteiger partial charge in [0.15, 0.2) is 0 Å². The van der Waals surface area contributed by atoms with Crippen molar-refractivity contribution in [3.05, 3.63) is 68.2 Å². The number of carbonyl (C=O) groups is 1. The number of alkyl halides is 3. The van der Waals surface area contributed by atoms with Crippen LogP contribution in [0, 0.1) is 10.1 Å². The topological polar surface area (TPSA) is 66.7 Å². The van der Waals surface area contributed by atoms with Gasteiger partial charge in [-0.3, -0.25) is 19.8 Å². The third kappa shape index (κ3) is 4.31. The molecule has 32 heavy (non-hydrogen) atoms. The van der Waals surface area contributed by atoms with E-state index in [0.717, 1.165) is 24.6 Å². The summed E-state index contributed by atoms with van der Waals surface area (Å²) in [6.07, 6.45) is -3.14. The predicted octanol–water partition coefficient (Wildman–Crippen LogP) is 5.61. The first-order valence-corrected chi connectivity index (χ1v) is 11.1. The smallest absolute Gasteiger partial charge is 0.316 e. The summed E-state index contributed by atoms with van der Waals surface area (Å²) >= 11 is 7.01. The third-order valence-corrected chi connectivity index (χ3v) is 7.62. The first kappa shape index (κ1) is 22.9. The Kier molecular flexibility index (Phi) is 6.12. The minimum atomic E-state index is -4.79. The zero-order valence-corrected chi connectivity index (χ0v) is 18.5. The molecule has 0 aliphatic carbocycles. The number of carbonyl (C=O) groups excluding carboxylic acids is 1. The number of nitro benzene ring substituents is 1. The molecule has 4 rings (SSSR count). The second-order valence-electron chi connectivity index (χ2n) is 7.85. The van der Waals surface area contributed by atoms with Crippen LogP contribution in [-0.4, -0.2) is 46.3 Å². The molecule has 6 nitrogen and oxygen atoms in total. The van der Waals surface area contributed by atoms with Crippen LogP contribution in [0.2, 0.25) is 5.02 Å². The Hall–Kier alpha value is -2.30. The molecule has 0 aromatic heterocycles. The second kappa shape index (κ2) is 8.57. The molecule has 0 radical (unpaired) electrons. The second-order valence-corrected chi connectivity index (χ2v) is 9.35. The fraction of sp³-hybridized carbons (Fsp3) is 0.381. The molecule has 0 saturated carbocycles. The molecule has 1 unspecified atom stereocenters. The van der Waals surface area contributed by atoms with Gasteiger partial charge in [-0.2, -0.15) is 13.2 Å². The number of hydrogen-bond acceptors (Lipinski definition) is 5. The van der Waals surface area contributed by atoms with Crippen molar-refractivity contribution in [2.45, 2.75) is 35.3 Å². The van der Waals surface area contributed by atoms with E-state index < -0.39 is 33.8 Å². The van der Waals surface area contributed by atoms with Gasteiger partial charge in [-0.15, -0.1) is 0 Å². The highest BCUT2D eigenvalue weighted by Crippen LogP contribution is 2.46. The molecule has 0 spiro atoms. The number of nitrogens with zero attached hydrogens (tertiary/aromatic N) is 3. The lowest BCUT2D eigenvalue weighted by atomic mass is 9.89. The van der Waals surface area contributed by atoms with Crippen LogP contribution in [0.1, 0.15) is 40.2 Å². The number of rotatable bonds is 3. The van der Waals surface area contributed by atoms with Crippen LogP contribution in [0.3, 0.4) is 0 Å². The van der Waals surface area contributed by atoms with Gasteiger partial charge in [0.05, 0.1) is 16.1 Å². The molecular formula is C21H19ClF3N3O3S. The number of likely N-dealkylation sites (tertiary alicyclic amines) is 1. The Balaban J connectivity index is 1.58. The monoisotopic (exact) mass is 485 g/mol. The highest BCUT2D eigenvalue weighted by atomic mass is 35.5. The Labute approximate surface area is 191 Å². The standard InChI is InChI=1S/C21H19ClF3N3O3S/c1-26-19(29)16-10-14(21(23,24)25)11-17(28(30)31)18(16)32-20(26)27-8-6-13(7-9-27)12-2-4-15(22)5-3-12/h2-5,10-11,13,20H,6-9H2,1H3. The quantitative estimate of drug-likeness (QED) is 0.417. The first-order chi connectivity index (χ1) is 15.1. The number of fused-ring (bicyclic) bond motifs is 1. The summed E-state index contributed by atoms with van der Waals surface area (Å²) in [5.41, 5.74) is -1.53. The Morgan fingerprint density at radius 2 is 1.78 bits per heavy atom. The number of hydrogen-bond donors (Lipinski definition) is 0. The minimum Gasteiger partial charge on any atom is -0.316 e. The average Bonchev–Trinajstić information content (AvgIpc) is 2.75. The summed E-state index contributed by atoms with van der Waals surface area (Å²) < 4.78 is 39.7. The van der Waals surface area contributed by atoms with E-state index in [0.29, 0.717) is 36.2 Å². The van der Waals surface area contributed by atoms with Crippen molar-refractivity contribution >= 4 is 35.0 Å². The number of benzene rings is 2. The highest BCUT2D eigenvalue weighted by Gasteiger charge is 2.42. The lowest BCUT2D eigenvalue weighted by Gasteiger charge is -2.43. The fourth-order valence-corrected chi connectivity index (χ4v) is 5.66. The molecule has 11 heteroatoms. The van der Waals surface area contributed by atoms with Gasteiger partial charge in [-0.1, -0.05) is 35.5 Å². The van der Waals surface area contributed by atoms with Gasteiger partial charge in [0.25, 0.3) is 11.6 Å². The van der Waals surface area contributed by atoms with Crippen molar-refractivity contribution in [1.82, 2.24) is 9.80 Å². The van der Waals surface area contributed by atoms with Crippen LogP contribution in [0.15, 0.2) is 41.3 Å². The number of halogens is 4. The Morgan fingerprint density at radius 1 is 1.16 bits per heavy atom. The third-order valence-electron chi connectivity index (χ3n) is 5.88. The van der Waals surface area contributed by atoms with E-state index in [9.17, 15) is 28.1 Å². The van der Waals surface area contributed by atoms with Crippen LogP contribution in [0.4, 0.5) is 18.9 Å². The van der Waals surface area contributed by atoms with Gasteiger partial charge < -0.3 is 4.90 Å². The van der Waals surface area contributed by atoms with Gasteiger partial charge in [-0.25, -0.2) is 0 Å². The molecule has 1 atom stereocenters. The molecular weight excluding hydrogens is 467 g/mol. The molecule has 2 aromatic rings. The number of piperidine rings is 1. The highest BCUT2D eigenvalue weighted by molar-refractivity contribution is 8.00. The van der Waals surface area contributed by atoms with Crippen LogP contribution in [0.5, 0.6) is 0 Å². The molecule has 170 valence electrons. The van der Waals surface area contributed by atoms with Crippen molar-refractivity contribution in [3.63, 3.8) is 0 Å². The summed E-state index contributed by atoms with van der Waals surface area (Å²) in [6.45, 7) is 1.29. The minimum absolute atomic E-state index is 0.0177. The molecule has 0 N–H and O–H groups in total. The van der Waals surface area contributed by atoms with E-state index in [1.54, 1.807) is 0 Å². The van der Waals surface area contributed by atoms with E-state index in [-0.39, 0.29) is 10.5 Å². The van der Waals surface area contributed by atoms with Crippen molar-refractivity contribution in [2.24, 2.45) is 0 Å². The van der Waals surface area contributed by atoms with Gasteiger partial charge in [0.1, 0.15) is 10.4 Å². The lowest BCUT2D eigenvalue weighted by molar-refractivity contribution is -0.388. The van der Waals surface area contributed by atoms with Crippen molar-refractivity contribution in [3.8, 4) is 0 Å². The molecule has 2 aromatic carbocycles. The fourth-order valence-electron chi connectivity index (χ4n) is 4.18.